The van der Waals surface area contributed by atoms with Crippen LogP contribution in [0.25, 0.3) is 0 Å². The van der Waals surface area contributed by atoms with Crippen molar-refractivity contribution in [1.29, 1.82) is 0 Å². The second-order valence-electron chi connectivity index (χ2n) is 33.6. The topological polar surface area (TPSA) is 351 Å². The Labute approximate surface area is 683 Å². The van der Waals surface area contributed by atoms with E-state index in [1.54, 1.807) is 41.5 Å². The SMILES string of the molecule is CB(O)N1CCC2(CC/C(=C/O)C2=O)CC1.CB(O)N1CCC2(CCCC2=O)CC1.CB(O)N1CCC2(CCc3cn(C)nc32)CC1.CB(O)N1CCC2(CCc3cnn(C)c32)CC1.CC(C)(C)[O-].CCOCO.CNN.Cn1cc2c(n1)C1(CCNCC1)CC2.Cn1ncc2c1C1(CC2)CCN(N)CC1.[K+]. The summed E-state index contributed by atoms with van der Waals surface area (Å²) >= 11 is 0. The number of hydrogen-bond donors (Lipinski definition) is 10. The monoisotopic (exact) mass is 1520 g/mol. The molecule has 0 bridgehead atoms. The molecule has 32 heteroatoms. The Balaban J connectivity index is 0.000000173. The molecule has 6 spiro atoms. The summed E-state index contributed by atoms with van der Waals surface area (Å²) in [6, 6.07) is 0. The summed E-state index contributed by atoms with van der Waals surface area (Å²) in [7, 11) is 8.43. The molecule has 0 atom stereocenters. The first-order chi connectivity index (χ1) is 50.3. The number of ketones is 2. The average Bonchev–Trinajstić information content (AvgIpc) is 1.62. The minimum absolute atomic E-state index is 0. The van der Waals surface area contributed by atoms with Crippen LogP contribution in [0.1, 0.15) is 208 Å². The van der Waals surface area contributed by atoms with Crippen LogP contribution in [0, 0.1) is 10.8 Å². The summed E-state index contributed by atoms with van der Waals surface area (Å²) in [4.78, 5) is 32.2. The van der Waals surface area contributed by atoms with E-state index in [1.807, 2.05) is 66.2 Å². The van der Waals surface area contributed by atoms with Gasteiger partial charge in [-0.25, -0.2) is 5.01 Å². The summed E-state index contributed by atoms with van der Waals surface area (Å²) in [6.45, 7) is 26.1. The van der Waals surface area contributed by atoms with Gasteiger partial charge in [-0.2, -0.15) is 20.4 Å². The number of carbonyl (C=O) groups is 2. The van der Waals surface area contributed by atoms with E-state index in [4.69, 9.17) is 16.1 Å². The number of aliphatic hydroxyl groups excluding tert-OH is 2. The van der Waals surface area contributed by atoms with Crippen molar-refractivity contribution in [2.75, 3.05) is 99.0 Å². The fourth-order valence-electron chi connectivity index (χ4n) is 19.3. The molecule has 10 heterocycles. The summed E-state index contributed by atoms with van der Waals surface area (Å²) in [5.74, 6) is 11.0. The number of nitrogens with two attached hydrogens (primary N) is 2. The van der Waals surface area contributed by atoms with Gasteiger partial charge in [-0.15, -0.1) is 5.60 Å². The zero-order valence-corrected chi connectivity index (χ0v) is 71.2. The summed E-state index contributed by atoms with van der Waals surface area (Å²) in [5, 5.41) is 88.5. The van der Waals surface area contributed by atoms with Crippen LogP contribution in [-0.4, -0.2) is 238 Å². The van der Waals surface area contributed by atoms with Crippen molar-refractivity contribution in [2.24, 2.45) is 50.7 Å². The second kappa shape index (κ2) is 40.8. The number of fused-ring (bicyclic) bond motifs is 8. The molecule has 27 nitrogen and oxygen atoms in total. The quantitative estimate of drug-likeness (QED) is 0.0325. The predicted octanol–water partition coefficient (Wildman–Crippen LogP) is 1.30. The van der Waals surface area contributed by atoms with Gasteiger partial charge in [-0.3, -0.25) is 45.4 Å². The van der Waals surface area contributed by atoms with Crippen molar-refractivity contribution in [3.63, 3.8) is 0 Å². The molecule has 0 amide bonds. The number of aryl methyl sites for hydroxylation is 8. The zero-order chi connectivity index (χ0) is 77.4. The van der Waals surface area contributed by atoms with E-state index in [9.17, 15) is 34.8 Å². The molecular weight excluding hydrogens is 1380 g/mol. The van der Waals surface area contributed by atoms with Crippen molar-refractivity contribution in [2.45, 2.75) is 243 Å². The second-order valence-corrected chi connectivity index (χ2v) is 33.6. The Morgan fingerprint density at radius 2 is 0.888 bits per heavy atom. The molecule has 4 aromatic heterocycles. The normalized spacial score (nSPS) is 22.8. The third kappa shape index (κ3) is 22.9. The molecule has 0 aromatic carbocycles. The molecule has 12 aliphatic rings. The molecule has 0 radical (unpaired) electrons. The van der Waals surface area contributed by atoms with Gasteiger partial charge < -0.3 is 64.7 Å². The van der Waals surface area contributed by atoms with Crippen molar-refractivity contribution in [3.8, 4) is 0 Å². The minimum atomic E-state index is -0.750. The molecule has 8 fully saturated rings. The van der Waals surface area contributed by atoms with Crippen LogP contribution in [0.3, 0.4) is 0 Å². The van der Waals surface area contributed by atoms with E-state index >= 15 is 0 Å². The third-order valence-electron chi connectivity index (χ3n) is 25.5. The first-order valence-corrected chi connectivity index (χ1v) is 40.0. The molecule has 12 N–H and O–H groups in total. The number of ether oxygens (including phenoxy) is 1. The Morgan fingerprint density at radius 3 is 1.22 bits per heavy atom. The number of nitrogens with one attached hydrogen (secondary N) is 2. The Hall–Kier alpha value is -3.02. The Morgan fingerprint density at radius 1 is 0.551 bits per heavy atom. The Kier molecular flexibility index (Phi) is 34.8. The van der Waals surface area contributed by atoms with Gasteiger partial charge in [0.15, 0.2) is 5.78 Å². The number of aliphatic hydroxyl groups is 2. The van der Waals surface area contributed by atoms with Crippen LogP contribution < -0.4 is 78.9 Å². The van der Waals surface area contributed by atoms with Gasteiger partial charge in [-0.1, -0.05) is 20.8 Å². The molecule has 4 aromatic rings. The maximum atomic E-state index is 12.1. The third-order valence-corrected chi connectivity index (χ3v) is 25.5. The van der Waals surface area contributed by atoms with Crippen LogP contribution in [0.4, 0.5) is 0 Å². The number of piperidine rings is 6. The number of nitrogens with zero attached hydrogens (tertiary/aromatic N) is 13. The maximum Gasteiger partial charge on any atom is 1.00 e. The van der Waals surface area contributed by atoms with Gasteiger partial charge in [0.2, 0.25) is 0 Å². The van der Waals surface area contributed by atoms with E-state index in [-0.39, 0.29) is 95.9 Å². The van der Waals surface area contributed by atoms with Gasteiger partial charge in [-0.05, 0) is 283 Å². The zero-order valence-electron chi connectivity index (χ0n) is 68.1. The molecule has 6 aliphatic heterocycles. The number of hydrogen-bond acceptors (Lipinski definition) is 23. The molecule has 16 rings (SSSR count). The average molecular weight is 1520 g/mol. The number of Topliss-reactive ketones (excluding diaryl/α,β-unsaturated/α-hetero) is 2. The summed E-state index contributed by atoms with van der Waals surface area (Å²) < 4.78 is 12.5. The van der Waals surface area contributed by atoms with Gasteiger partial charge in [0.05, 0.1) is 30.0 Å². The number of carbonyl (C=O) groups excluding carboxylic acids is 2. The van der Waals surface area contributed by atoms with Crippen LogP contribution >= 0.6 is 0 Å². The molecular formula is C75H134B4KN17O10. The molecule has 0 unspecified atom stereocenters. The van der Waals surface area contributed by atoms with Crippen LogP contribution in [0.2, 0.25) is 27.3 Å². The van der Waals surface area contributed by atoms with Crippen molar-refractivity contribution >= 4 is 39.8 Å². The predicted molar refractivity (Wildman–Crippen MR) is 419 cm³/mol. The van der Waals surface area contributed by atoms with Crippen LogP contribution in [0.15, 0.2) is 36.6 Å². The van der Waals surface area contributed by atoms with Gasteiger partial charge in [0.1, 0.15) is 12.6 Å². The van der Waals surface area contributed by atoms with E-state index < -0.39 is 12.7 Å². The first-order valence-electron chi connectivity index (χ1n) is 40.0. The smallest absolute Gasteiger partial charge is 0.850 e. The molecule has 6 aliphatic carbocycles. The fourth-order valence-corrected chi connectivity index (χ4v) is 19.3. The fraction of sp³-hybridized carbons (Fsp3) is 0.787. The number of rotatable bonds is 6. The van der Waals surface area contributed by atoms with Crippen LogP contribution in [0.5, 0.6) is 0 Å². The number of aromatic nitrogens is 8. The molecule has 592 valence electrons. The number of allylic oxidation sites excluding steroid dienone is 1. The maximum absolute atomic E-state index is 12.1. The standard InChI is InChI=1S/2C12H20BN3O.C11H18BNO3.C11H18N4.C11H17N3.C10H18BNO2.C4H9O.C3H8O2.CH6N2.K/c1-13(17)16-7-5-12(6-8-16)4-3-10-9-15(2)14-11(10)12;1-13(17)16-7-5-12(6-8-16)4-3-10-9-14-15(2)11(10)12;1-12(16)13-6-4-11(5-7-13)3-2-9(8-14)10(11)15;1-14-10-9(8-13-14)2-3-11(10)4-6-15(12)7-5-11;1-14-8-9-2-3-11(10(9)13-14)4-6-12-7-5-11;1-11(14)12-7-5-10(6-8-12)4-2-3-9(10)13;1-4(2,3)5;1-2-5-3-4;1-3-2;/h2*9,17H,3-8H2,1-2H3;8,14,16H,2-7H2,1H3;8H,2-7,12H2,1H3;8,12H,2-7H2,1H3;14H,2-8H2,1H3;1-3H3;4H,2-3H2,1H3;3H,2H2,1H3;/q;;;;;;-1;;;+1/b;;9-8-;;;;;;;. The van der Waals surface area contributed by atoms with Crippen molar-refractivity contribution < 1.29 is 101 Å². The van der Waals surface area contributed by atoms with Gasteiger partial charge in [0.25, 0.3) is 0 Å². The van der Waals surface area contributed by atoms with E-state index in [0.717, 1.165) is 162 Å². The van der Waals surface area contributed by atoms with E-state index in [2.05, 4.69) is 92.0 Å². The Bertz CT molecular complexity index is 3400. The first kappa shape index (κ1) is 91.2. The van der Waals surface area contributed by atoms with E-state index in [0.29, 0.717) is 46.0 Å². The summed E-state index contributed by atoms with van der Waals surface area (Å²) in [6.07, 6.45) is 36.9. The number of hydrazine groups is 2. The molecule has 2 saturated carbocycles. The molecule has 107 heavy (non-hydrogen) atoms. The van der Waals surface area contributed by atoms with E-state index in [1.165, 1.54) is 122 Å². The van der Waals surface area contributed by atoms with Gasteiger partial charge >= 0.3 is 79.6 Å². The minimum Gasteiger partial charge on any atom is -0.850 e. The van der Waals surface area contributed by atoms with Crippen molar-refractivity contribution in [3.05, 3.63) is 81.7 Å². The largest absolute Gasteiger partial charge is 1.00 e. The van der Waals surface area contributed by atoms with Crippen LogP contribution in [-0.2, 0) is 89.9 Å². The van der Waals surface area contributed by atoms with Gasteiger partial charge in [0, 0.05) is 116 Å². The molecule has 6 saturated heterocycles. The van der Waals surface area contributed by atoms with Crippen molar-refractivity contribution in [1.82, 2.24) is 74.1 Å². The summed E-state index contributed by atoms with van der Waals surface area (Å²) in [5.41, 5.74) is 14.8.